The van der Waals surface area contributed by atoms with Crippen molar-refractivity contribution in [3.63, 3.8) is 0 Å². The number of carbonyl (C=O) groups excluding carboxylic acids is 1. The molecule has 0 bridgehead atoms. The molecule has 16 heavy (non-hydrogen) atoms. The van der Waals surface area contributed by atoms with Crippen molar-refractivity contribution in [2.24, 2.45) is 5.84 Å². The molecule has 0 aromatic heterocycles. The molecule has 0 radical (unpaired) electrons. The number of carbonyl (C=O) groups is 1. The Kier molecular flexibility index (Phi) is 4.31. The Balaban J connectivity index is 2.85. The van der Waals surface area contributed by atoms with Crippen LogP contribution >= 0.6 is 0 Å². The topological polar surface area (TPSA) is 49.6 Å². The summed E-state index contributed by atoms with van der Waals surface area (Å²) in [6.45, 7) is 7.17. The average Bonchev–Trinajstić information content (AvgIpc) is 2.29. The normalized spacial score (nSPS) is 10.0. The fourth-order valence-electron chi connectivity index (χ4n) is 1.53. The van der Waals surface area contributed by atoms with E-state index < -0.39 is 0 Å². The van der Waals surface area contributed by atoms with Crippen LogP contribution in [0, 0.1) is 6.92 Å². The molecule has 1 aromatic rings. The monoisotopic (exact) mass is 221 g/mol. The molecule has 0 aliphatic rings. The second-order valence-electron chi connectivity index (χ2n) is 3.66. The fourth-order valence-corrected chi connectivity index (χ4v) is 1.53. The summed E-state index contributed by atoms with van der Waals surface area (Å²) >= 11 is 0. The van der Waals surface area contributed by atoms with Crippen LogP contribution in [0.3, 0.4) is 0 Å². The first-order chi connectivity index (χ1) is 7.60. The summed E-state index contributed by atoms with van der Waals surface area (Å²) in [7, 11) is 0. The number of nitrogens with zero attached hydrogens (tertiary/aromatic N) is 2. The Morgan fingerprint density at radius 2 is 1.94 bits per heavy atom. The van der Waals surface area contributed by atoms with Crippen LogP contribution in [0.2, 0.25) is 0 Å². The molecule has 0 aliphatic heterocycles. The molecule has 4 heteroatoms. The van der Waals surface area contributed by atoms with Crippen molar-refractivity contribution in [2.75, 3.05) is 18.1 Å². The van der Waals surface area contributed by atoms with Gasteiger partial charge in [0.05, 0.1) is 5.69 Å². The predicted octanol–water partition coefficient (Wildman–Crippen LogP) is 2.14. The van der Waals surface area contributed by atoms with Gasteiger partial charge in [-0.1, -0.05) is 12.1 Å². The lowest BCUT2D eigenvalue weighted by Crippen LogP contribution is -2.47. The first kappa shape index (κ1) is 12.5. The third-order valence-corrected chi connectivity index (χ3v) is 2.52. The Hall–Kier alpha value is -1.55. The Labute approximate surface area is 96.6 Å². The van der Waals surface area contributed by atoms with Gasteiger partial charge in [0.1, 0.15) is 0 Å². The number of rotatable bonds is 3. The van der Waals surface area contributed by atoms with Crippen LogP contribution in [-0.2, 0) is 0 Å². The van der Waals surface area contributed by atoms with Gasteiger partial charge in [-0.05, 0) is 38.5 Å². The minimum atomic E-state index is -0.171. The van der Waals surface area contributed by atoms with Gasteiger partial charge in [-0.3, -0.25) is 0 Å². The van der Waals surface area contributed by atoms with E-state index in [1.54, 1.807) is 4.90 Å². The van der Waals surface area contributed by atoms with Gasteiger partial charge in [0.2, 0.25) is 0 Å². The lowest BCUT2D eigenvalue weighted by molar-refractivity contribution is 0.210. The van der Waals surface area contributed by atoms with E-state index in [0.717, 1.165) is 11.3 Å². The molecule has 1 aromatic carbocycles. The predicted molar refractivity (Wildman–Crippen MR) is 66.2 cm³/mol. The largest absolute Gasteiger partial charge is 0.338 e. The van der Waals surface area contributed by atoms with E-state index in [-0.39, 0.29) is 6.03 Å². The summed E-state index contributed by atoms with van der Waals surface area (Å²) in [5.41, 5.74) is 1.80. The van der Waals surface area contributed by atoms with Gasteiger partial charge in [-0.15, -0.1) is 0 Å². The molecule has 0 atom stereocenters. The van der Waals surface area contributed by atoms with Crippen LogP contribution in [0.4, 0.5) is 10.5 Å². The summed E-state index contributed by atoms with van der Waals surface area (Å²) in [5, 5.41) is 1.19. The Bertz CT molecular complexity index is 361. The van der Waals surface area contributed by atoms with Crippen molar-refractivity contribution in [1.29, 1.82) is 0 Å². The number of hydrazine groups is 1. The highest BCUT2D eigenvalue weighted by molar-refractivity contribution is 5.90. The number of hydrogen-bond acceptors (Lipinski definition) is 2. The number of nitrogens with two attached hydrogens (primary N) is 1. The van der Waals surface area contributed by atoms with Crippen molar-refractivity contribution in [1.82, 2.24) is 4.90 Å². The van der Waals surface area contributed by atoms with Crippen molar-refractivity contribution in [3.8, 4) is 0 Å². The Morgan fingerprint density at radius 1 is 1.31 bits per heavy atom. The number of anilines is 1. The summed E-state index contributed by atoms with van der Waals surface area (Å²) in [6, 6.07) is 7.41. The smallest absolute Gasteiger partial charge is 0.324 e. The maximum Gasteiger partial charge on any atom is 0.338 e. The number of urea groups is 1. The standard InChI is InChI=1S/C12H19N3O/c1-4-14(5-2)12(16)15(13)11-8-6-7-10(3)9-11/h6-9H,4-5,13H2,1-3H3. The van der Waals surface area contributed by atoms with Crippen molar-refractivity contribution in [2.45, 2.75) is 20.8 Å². The van der Waals surface area contributed by atoms with E-state index in [0.29, 0.717) is 13.1 Å². The van der Waals surface area contributed by atoms with Crippen molar-refractivity contribution in [3.05, 3.63) is 29.8 Å². The van der Waals surface area contributed by atoms with Gasteiger partial charge in [0, 0.05) is 13.1 Å². The van der Waals surface area contributed by atoms with Crippen molar-refractivity contribution < 1.29 is 4.79 Å². The maximum absolute atomic E-state index is 11.9. The minimum absolute atomic E-state index is 0.171. The van der Waals surface area contributed by atoms with E-state index >= 15 is 0 Å². The van der Waals surface area contributed by atoms with Gasteiger partial charge in [0.25, 0.3) is 0 Å². The molecule has 0 saturated heterocycles. The summed E-state index contributed by atoms with van der Waals surface area (Å²) in [4.78, 5) is 13.6. The fraction of sp³-hybridized carbons (Fsp3) is 0.417. The highest BCUT2D eigenvalue weighted by atomic mass is 16.2. The quantitative estimate of drug-likeness (QED) is 0.483. The molecular weight excluding hydrogens is 202 g/mol. The average molecular weight is 221 g/mol. The second-order valence-corrected chi connectivity index (χ2v) is 3.66. The summed E-state index contributed by atoms with van der Waals surface area (Å²) < 4.78 is 0. The summed E-state index contributed by atoms with van der Waals surface area (Å²) in [5.74, 6) is 5.80. The van der Waals surface area contributed by atoms with E-state index in [1.165, 1.54) is 5.01 Å². The van der Waals surface area contributed by atoms with E-state index in [9.17, 15) is 4.79 Å². The second kappa shape index (κ2) is 5.51. The van der Waals surface area contributed by atoms with Crippen LogP contribution in [-0.4, -0.2) is 24.0 Å². The SMILES string of the molecule is CCN(CC)C(=O)N(N)c1cccc(C)c1. The third-order valence-electron chi connectivity index (χ3n) is 2.52. The number of hydrogen-bond donors (Lipinski definition) is 1. The summed E-state index contributed by atoms with van der Waals surface area (Å²) in [6.07, 6.45) is 0. The first-order valence-corrected chi connectivity index (χ1v) is 5.50. The highest BCUT2D eigenvalue weighted by Gasteiger charge is 2.16. The van der Waals surface area contributed by atoms with E-state index in [1.807, 2.05) is 45.0 Å². The maximum atomic E-state index is 11.9. The molecule has 1 rings (SSSR count). The zero-order valence-electron chi connectivity index (χ0n) is 10.1. The van der Waals surface area contributed by atoms with Crippen LogP contribution in [0.5, 0.6) is 0 Å². The van der Waals surface area contributed by atoms with Gasteiger partial charge < -0.3 is 4.90 Å². The zero-order valence-corrected chi connectivity index (χ0v) is 10.1. The molecule has 0 aliphatic carbocycles. The molecule has 88 valence electrons. The first-order valence-electron chi connectivity index (χ1n) is 5.50. The molecule has 4 nitrogen and oxygen atoms in total. The van der Waals surface area contributed by atoms with E-state index in [2.05, 4.69) is 0 Å². The van der Waals surface area contributed by atoms with Crippen LogP contribution in [0.25, 0.3) is 0 Å². The van der Waals surface area contributed by atoms with Crippen molar-refractivity contribution >= 4 is 11.7 Å². The Morgan fingerprint density at radius 3 is 2.44 bits per heavy atom. The van der Waals surface area contributed by atoms with Crippen LogP contribution in [0.15, 0.2) is 24.3 Å². The number of benzene rings is 1. The molecule has 0 unspecified atom stereocenters. The number of amides is 2. The van der Waals surface area contributed by atoms with Gasteiger partial charge in [-0.25, -0.2) is 15.6 Å². The lowest BCUT2D eigenvalue weighted by Gasteiger charge is -2.25. The molecular formula is C12H19N3O. The van der Waals surface area contributed by atoms with Crippen LogP contribution in [0.1, 0.15) is 19.4 Å². The molecule has 0 fully saturated rings. The lowest BCUT2D eigenvalue weighted by atomic mass is 10.2. The minimum Gasteiger partial charge on any atom is -0.324 e. The van der Waals surface area contributed by atoms with Crippen LogP contribution < -0.4 is 10.9 Å². The molecule has 0 heterocycles. The van der Waals surface area contributed by atoms with Gasteiger partial charge >= 0.3 is 6.03 Å². The zero-order chi connectivity index (χ0) is 12.1. The van der Waals surface area contributed by atoms with Gasteiger partial charge in [0.15, 0.2) is 0 Å². The molecule has 0 spiro atoms. The highest BCUT2D eigenvalue weighted by Crippen LogP contribution is 2.14. The third kappa shape index (κ3) is 2.73. The van der Waals surface area contributed by atoms with E-state index in [4.69, 9.17) is 5.84 Å². The molecule has 2 amide bonds. The molecule has 2 N–H and O–H groups in total. The molecule has 0 saturated carbocycles. The number of aryl methyl sites for hydroxylation is 1. The van der Waals surface area contributed by atoms with Gasteiger partial charge in [-0.2, -0.15) is 0 Å².